The topological polar surface area (TPSA) is 96.0 Å². The zero-order chi connectivity index (χ0) is 14.7. The molecule has 0 saturated carbocycles. The number of anilines is 2. The Morgan fingerprint density at radius 3 is 2.86 bits per heavy atom. The number of amides is 2. The van der Waals surface area contributed by atoms with Crippen LogP contribution < -0.4 is 10.4 Å². The molecule has 0 aliphatic heterocycles. The molecule has 2 aromatic heterocycles. The van der Waals surface area contributed by atoms with E-state index in [1.54, 1.807) is 24.5 Å². The van der Waals surface area contributed by atoms with Crippen LogP contribution in [0.3, 0.4) is 0 Å². The van der Waals surface area contributed by atoms with E-state index >= 15 is 0 Å². The number of hydroxylamine groups is 1. The van der Waals surface area contributed by atoms with Crippen molar-refractivity contribution in [2.45, 2.75) is 0 Å². The molecule has 8 heteroatoms. The number of fused-ring (bicyclic) bond motifs is 1. The zero-order valence-electron chi connectivity index (χ0n) is 11.1. The number of aromatic nitrogens is 4. The average Bonchev–Trinajstić information content (AvgIpc) is 2.96. The molecule has 0 aliphatic carbocycles. The summed E-state index contributed by atoms with van der Waals surface area (Å²) in [5.41, 5.74) is 3.43. The fourth-order valence-corrected chi connectivity index (χ4v) is 1.87. The number of carbonyl (C=O) groups is 1. The Labute approximate surface area is 119 Å². The molecule has 0 unspecified atom stereocenters. The van der Waals surface area contributed by atoms with Crippen molar-refractivity contribution in [2.75, 3.05) is 12.0 Å². The normalized spacial score (nSPS) is 10.5. The summed E-state index contributed by atoms with van der Waals surface area (Å²) in [7, 11) is 1.36. The summed E-state index contributed by atoms with van der Waals surface area (Å²) >= 11 is 0. The summed E-state index contributed by atoms with van der Waals surface area (Å²) < 4.78 is 0. The molecule has 2 N–H and O–H groups in total. The summed E-state index contributed by atoms with van der Waals surface area (Å²) in [4.78, 5) is 26.7. The van der Waals surface area contributed by atoms with Crippen LogP contribution in [0, 0.1) is 0 Å². The number of rotatable bonds is 3. The van der Waals surface area contributed by atoms with Crippen LogP contribution in [0.25, 0.3) is 11.0 Å². The quantitative estimate of drug-likeness (QED) is 0.714. The fraction of sp³-hybridized carbons (Fsp3) is 0.0769. The van der Waals surface area contributed by atoms with E-state index in [0.29, 0.717) is 11.3 Å². The van der Waals surface area contributed by atoms with Crippen LogP contribution in [-0.2, 0) is 4.84 Å². The lowest BCUT2D eigenvalue weighted by Gasteiger charge is -2.20. The number of benzene rings is 1. The highest BCUT2D eigenvalue weighted by molar-refractivity contribution is 5.97. The molecule has 0 spiro atoms. The molecule has 0 radical (unpaired) electrons. The van der Waals surface area contributed by atoms with Crippen molar-refractivity contribution in [2.24, 2.45) is 0 Å². The van der Waals surface area contributed by atoms with E-state index in [4.69, 9.17) is 0 Å². The second-order valence-electron chi connectivity index (χ2n) is 4.13. The Bertz CT molecular complexity index is 757. The molecule has 0 saturated heterocycles. The second-order valence-corrected chi connectivity index (χ2v) is 4.13. The molecule has 0 aliphatic rings. The molecule has 0 fully saturated rings. The summed E-state index contributed by atoms with van der Waals surface area (Å²) in [6, 6.07) is 8.54. The van der Waals surface area contributed by atoms with Crippen LogP contribution >= 0.6 is 0 Å². The Balaban J connectivity index is 2.07. The molecule has 3 rings (SSSR count). The number of urea groups is 1. The van der Waals surface area contributed by atoms with Crippen LogP contribution in [0.5, 0.6) is 0 Å². The highest BCUT2D eigenvalue weighted by Crippen LogP contribution is 2.22. The van der Waals surface area contributed by atoms with Crippen LogP contribution in [0.15, 0.2) is 42.7 Å². The number of para-hydroxylation sites is 1. The Morgan fingerprint density at radius 2 is 2.10 bits per heavy atom. The summed E-state index contributed by atoms with van der Waals surface area (Å²) in [6.07, 6.45) is 3.21. The van der Waals surface area contributed by atoms with Gasteiger partial charge in [0, 0.05) is 6.20 Å². The number of aromatic amines is 1. The van der Waals surface area contributed by atoms with Crippen molar-refractivity contribution >= 4 is 28.7 Å². The first-order valence-electron chi connectivity index (χ1n) is 6.14. The Hall–Kier alpha value is -3.00. The van der Waals surface area contributed by atoms with Gasteiger partial charge in [0.1, 0.15) is 0 Å². The van der Waals surface area contributed by atoms with E-state index < -0.39 is 6.03 Å². The van der Waals surface area contributed by atoms with Gasteiger partial charge in [-0.1, -0.05) is 18.2 Å². The van der Waals surface area contributed by atoms with Gasteiger partial charge >= 0.3 is 6.03 Å². The van der Waals surface area contributed by atoms with Crippen molar-refractivity contribution in [3.63, 3.8) is 0 Å². The first-order chi connectivity index (χ1) is 10.3. The third-order valence-electron chi connectivity index (χ3n) is 2.79. The average molecular weight is 284 g/mol. The van der Waals surface area contributed by atoms with Gasteiger partial charge in [-0.05, 0) is 12.1 Å². The third kappa shape index (κ3) is 2.51. The van der Waals surface area contributed by atoms with Gasteiger partial charge in [-0.25, -0.2) is 20.2 Å². The van der Waals surface area contributed by atoms with Gasteiger partial charge in [-0.3, -0.25) is 9.94 Å². The van der Waals surface area contributed by atoms with E-state index in [9.17, 15) is 4.79 Å². The van der Waals surface area contributed by atoms with Gasteiger partial charge < -0.3 is 0 Å². The molecular formula is C13H12N6O2. The van der Waals surface area contributed by atoms with Crippen molar-refractivity contribution in [3.05, 3.63) is 42.7 Å². The standard InChI is InChI=1S/C13H12N6O2/c1-21-18-13(20)19(10-5-3-2-4-6-10)12-14-7-9-8-15-17-11(9)16-12/h2-8H,1H3,(H,18,20)(H,14,15,16,17). The Morgan fingerprint density at radius 1 is 1.29 bits per heavy atom. The van der Waals surface area contributed by atoms with Gasteiger partial charge in [0.05, 0.1) is 24.4 Å². The number of nitrogens with zero attached hydrogens (tertiary/aromatic N) is 4. The van der Waals surface area contributed by atoms with Gasteiger partial charge in [0.15, 0.2) is 5.65 Å². The van der Waals surface area contributed by atoms with Crippen molar-refractivity contribution in [1.82, 2.24) is 25.6 Å². The Kier molecular flexibility index (Phi) is 3.44. The molecule has 1 aromatic carbocycles. The van der Waals surface area contributed by atoms with E-state index in [1.807, 2.05) is 18.2 Å². The van der Waals surface area contributed by atoms with E-state index in [-0.39, 0.29) is 5.95 Å². The number of carbonyl (C=O) groups excluding carboxylic acids is 1. The zero-order valence-corrected chi connectivity index (χ0v) is 11.1. The highest BCUT2D eigenvalue weighted by Gasteiger charge is 2.21. The SMILES string of the molecule is CONC(=O)N(c1ccccc1)c1ncc2cn[nH]c2n1. The van der Waals surface area contributed by atoms with Crippen LogP contribution in [-0.4, -0.2) is 33.3 Å². The van der Waals surface area contributed by atoms with Gasteiger partial charge in [-0.2, -0.15) is 10.1 Å². The van der Waals surface area contributed by atoms with Gasteiger partial charge in [0.2, 0.25) is 5.95 Å². The molecule has 0 atom stereocenters. The first-order valence-corrected chi connectivity index (χ1v) is 6.14. The first kappa shape index (κ1) is 13.0. The highest BCUT2D eigenvalue weighted by atomic mass is 16.6. The second kappa shape index (κ2) is 5.55. The molecular weight excluding hydrogens is 272 g/mol. The number of hydrogen-bond donors (Lipinski definition) is 2. The van der Waals surface area contributed by atoms with Crippen LogP contribution in [0.1, 0.15) is 0 Å². The summed E-state index contributed by atoms with van der Waals surface area (Å²) in [5.74, 6) is 0.215. The minimum atomic E-state index is -0.498. The number of H-pyrrole nitrogens is 1. The number of nitrogens with one attached hydrogen (secondary N) is 2. The maximum Gasteiger partial charge on any atom is 0.352 e. The predicted molar refractivity (Wildman–Crippen MR) is 75.8 cm³/mol. The maximum atomic E-state index is 12.2. The molecule has 3 aromatic rings. The molecule has 0 bridgehead atoms. The van der Waals surface area contributed by atoms with Crippen molar-refractivity contribution in [1.29, 1.82) is 0 Å². The van der Waals surface area contributed by atoms with Crippen molar-refractivity contribution in [3.8, 4) is 0 Å². The van der Waals surface area contributed by atoms with E-state index in [0.717, 1.165) is 5.39 Å². The summed E-state index contributed by atoms with van der Waals surface area (Å²) in [5, 5.41) is 7.39. The lowest BCUT2D eigenvalue weighted by Crippen LogP contribution is -2.37. The molecule has 106 valence electrons. The lowest BCUT2D eigenvalue weighted by molar-refractivity contribution is 0.112. The summed E-state index contributed by atoms with van der Waals surface area (Å²) in [6.45, 7) is 0. The molecule has 21 heavy (non-hydrogen) atoms. The fourth-order valence-electron chi connectivity index (χ4n) is 1.87. The minimum Gasteiger partial charge on any atom is -0.275 e. The molecule has 2 heterocycles. The van der Waals surface area contributed by atoms with Gasteiger partial charge in [-0.15, -0.1) is 0 Å². The number of hydrogen-bond acceptors (Lipinski definition) is 5. The third-order valence-corrected chi connectivity index (χ3v) is 2.79. The molecule has 8 nitrogen and oxygen atoms in total. The predicted octanol–water partition coefficient (Wildman–Crippen LogP) is 1.76. The largest absolute Gasteiger partial charge is 0.352 e. The molecule has 2 amide bonds. The van der Waals surface area contributed by atoms with E-state index in [2.05, 4.69) is 30.5 Å². The smallest absolute Gasteiger partial charge is 0.275 e. The van der Waals surface area contributed by atoms with Crippen molar-refractivity contribution < 1.29 is 9.63 Å². The van der Waals surface area contributed by atoms with E-state index in [1.165, 1.54) is 12.0 Å². The minimum absolute atomic E-state index is 0.215. The van der Waals surface area contributed by atoms with Gasteiger partial charge in [0.25, 0.3) is 0 Å². The monoisotopic (exact) mass is 284 g/mol. The van der Waals surface area contributed by atoms with Crippen LogP contribution in [0.4, 0.5) is 16.4 Å². The lowest BCUT2D eigenvalue weighted by atomic mass is 10.3. The van der Waals surface area contributed by atoms with Crippen LogP contribution in [0.2, 0.25) is 0 Å². The maximum absolute atomic E-state index is 12.2.